The highest BCUT2D eigenvalue weighted by Crippen LogP contribution is 2.43. The third kappa shape index (κ3) is 8.14. The molecule has 206 valence electrons. The van der Waals surface area contributed by atoms with Gasteiger partial charge in [0, 0.05) is 18.5 Å². The number of aliphatic carboxylic acids is 1. The predicted molar refractivity (Wildman–Crippen MR) is 142 cm³/mol. The molecule has 1 aliphatic rings. The number of unbranched alkanes of at least 4 members (excludes halogenated alkanes) is 1. The molecule has 0 amide bonds. The summed E-state index contributed by atoms with van der Waals surface area (Å²) in [6.45, 7) is 15.2. The first-order valence-electron chi connectivity index (χ1n) is 11.8. The van der Waals surface area contributed by atoms with Crippen molar-refractivity contribution in [3.63, 3.8) is 0 Å². The summed E-state index contributed by atoms with van der Waals surface area (Å²) < 4.78 is 35.8. The molecule has 1 unspecified atom stereocenters. The number of nitrogens with zero attached hydrogens (tertiary/aromatic N) is 1. The zero-order valence-electron chi connectivity index (χ0n) is 22.4. The van der Waals surface area contributed by atoms with Gasteiger partial charge in [-0.25, -0.2) is 13.1 Å². The minimum absolute atomic E-state index is 0. The van der Waals surface area contributed by atoms with Crippen LogP contribution in [-0.2, 0) is 26.1 Å². The number of fused-ring (bicyclic) bond motifs is 1. The van der Waals surface area contributed by atoms with Crippen LogP contribution < -0.4 is 20.5 Å². The number of oxime groups is 1. The normalized spacial score (nSPS) is 15.9. The van der Waals surface area contributed by atoms with Crippen LogP contribution in [0.1, 0.15) is 76.1 Å². The van der Waals surface area contributed by atoms with Gasteiger partial charge in [-0.2, -0.15) is 0 Å². The number of benzene rings is 1. The Morgan fingerprint density at radius 1 is 1.19 bits per heavy atom. The number of guanidine groups is 1. The van der Waals surface area contributed by atoms with Crippen molar-refractivity contribution in [2.45, 2.75) is 103 Å². The Hall–Kier alpha value is -2.24. The van der Waals surface area contributed by atoms with Crippen molar-refractivity contribution in [1.82, 2.24) is 10.0 Å². The van der Waals surface area contributed by atoms with Crippen molar-refractivity contribution in [1.29, 1.82) is 0 Å². The molecule has 36 heavy (non-hydrogen) atoms. The second kappa shape index (κ2) is 11.9. The Kier molecular flexibility index (Phi) is 10.5. The standard InChI is InChI=1S/C24H40N4O6S.ClH/c1-14-15(2)20(16(3)17-13-24(7,8)33-19(14)17)35(31,32)28-22(27-34-23(4,5)6)26-12-10-9-11-18(25)21(29)30;/h18H,9-13,25H2,1-8H3,(H,29,30)(H2,26,27,28);1H. The summed E-state index contributed by atoms with van der Waals surface area (Å²) in [6, 6.07) is -0.922. The molecule has 0 spiro atoms. The fourth-order valence-electron chi connectivity index (χ4n) is 3.92. The first-order valence-corrected chi connectivity index (χ1v) is 13.3. The van der Waals surface area contributed by atoms with E-state index in [1.54, 1.807) is 34.6 Å². The number of hydrogen-bond acceptors (Lipinski definition) is 7. The van der Waals surface area contributed by atoms with Crippen LogP contribution in [0, 0.1) is 20.8 Å². The maximum atomic E-state index is 13.6. The van der Waals surface area contributed by atoms with Crippen LogP contribution in [-0.4, -0.2) is 49.2 Å². The number of carboxylic acids is 1. The van der Waals surface area contributed by atoms with Crippen LogP contribution in [0.15, 0.2) is 10.1 Å². The number of nitrogens with two attached hydrogens (primary N) is 1. The second-order valence-corrected chi connectivity index (χ2v) is 12.3. The highest BCUT2D eigenvalue weighted by Gasteiger charge is 2.37. The monoisotopic (exact) mass is 548 g/mol. The maximum absolute atomic E-state index is 13.6. The molecule has 0 aliphatic carbocycles. The summed E-state index contributed by atoms with van der Waals surface area (Å²) in [5.74, 6) is -0.335. The Labute approximate surface area is 220 Å². The number of carboxylic acid groups (broad SMARTS) is 1. The topological polar surface area (TPSA) is 152 Å². The number of rotatable bonds is 9. The molecule has 10 nitrogen and oxygen atoms in total. The molecule has 2 rings (SSSR count). The summed E-state index contributed by atoms with van der Waals surface area (Å²) in [5.41, 5.74) is 7.45. The van der Waals surface area contributed by atoms with Gasteiger partial charge < -0.3 is 25.7 Å². The first-order chi connectivity index (χ1) is 15.9. The van der Waals surface area contributed by atoms with Crippen LogP contribution in [0.3, 0.4) is 0 Å². The molecule has 0 fully saturated rings. The van der Waals surface area contributed by atoms with Crippen LogP contribution in [0.2, 0.25) is 0 Å². The highest BCUT2D eigenvalue weighted by atomic mass is 35.5. The molecule has 1 aromatic carbocycles. The Balaban J connectivity index is 0.00000648. The SMILES string of the molecule is Cc1c(C)c(S(=O)(=O)NC(=NOC(C)(C)C)NCCCCC(N)C(=O)O)c(C)c2c1OC(C)(C)C2.Cl. The van der Waals surface area contributed by atoms with Crippen molar-refractivity contribution in [2.75, 3.05) is 6.54 Å². The van der Waals surface area contributed by atoms with Crippen LogP contribution in [0.5, 0.6) is 5.75 Å². The summed E-state index contributed by atoms with van der Waals surface area (Å²) in [6.07, 6.45) is 2.06. The average Bonchev–Trinajstić information content (AvgIpc) is 3.04. The fourth-order valence-corrected chi connectivity index (χ4v) is 5.46. The molecule has 0 aromatic heterocycles. The third-order valence-corrected chi connectivity index (χ3v) is 7.37. The second-order valence-electron chi connectivity index (χ2n) is 10.7. The van der Waals surface area contributed by atoms with Gasteiger partial charge in [0.25, 0.3) is 10.0 Å². The molecule has 0 saturated carbocycles. The third-order valence-electron chi connectivity index (χ3n) is 5.75. The number of ether oxygens (including phenoxy) is 1. The van der Waals surface area contributed by atoms with E-state index >= 15 is 0 Å². The van der Waals surface area contributed by atoms with Gasteiger partial charge in [-0.05, 0) is 96.5 Å². The largest absolute Gasteiger partial charge is 0.487 e. The predicted octanol–water partition coefficient (Wildman–Crippen LogP) is 3.28. The molecule has 1 heterocycles. The fraction of sp³-hybridized carbons (Fsp3) is 0.667. The summed E-state index contributed by atoms with van der Waals surface area (Å²) in [7, 11) is -4.01. The molecular weight excluding hydrogens is 508 g/mol. The average molecular weight is 549 g/mol. The molecular formula is C24H41ClN4O6S. The molecule has 5 N–H and O–H groups in total. The number of hydrogen-bond donors (Lipinski definition) is 4. The molecule has 1 atom stereocenters. The summed E-state index contributed by atoms with van der Waals surface area (Å²) in [4.78, 5) is 16.5. The highest BCUT2D eigenvalue weighted by molar-refractivity contribution is 7.90. The van der Waals surface area contributed by atoms with E-state index in [-0.39, 0.29) is 23.3 Å². The lowest BCUT2D eigenvalue weighted by Gasteiger charge is -2.21. The van der Waals surface area contributed by atoms with Crippen molar-refractivity contribution < 1.29 is 27.9 Å². The van der Waals surface area contributed by atoms with E-state index in [2.05, 4.69) is 15.2 Å². The Bertz CT molecular complexity index is 1100. The maximum Gasteiger partial charge on any atom is 0.320 e. The van der Waals surface area contributed by atoms with Gasteiger partial charge in [-0.15, -0.1) is 12.4 Å². The van der Waals surface area contributed by atoms with E-state index < -0.39 is 33.2 Å². The summed E-state index contributed by atoms with van der Waals surface area (Å²) >= 11 is 0. The van der Waals surface area contributed by atoms with Crippen LogP contribution in [0.4, 0.5) is 0 Å². The van der Waals surface area contributed by atoms with E-state index in [9.17, 15) is 13.2 Å². The van der Waals surface area contributed by atoms with Gasteiger partial charge in [0.15, 0.2) is 0 Å². The van der Waals surface area contributed by atoms with Crippen molar-refractivity contribution >= 4 is 34.4 Å². The smallest absolute Gasteiger partial charge is 0.320 e. The number of nitrogens with one attached hydrogen (secondary N) is 2. The minimum Gasteiger partial charge on any atom is -0.487 e. The first kappa shape index (κ1) is 31.8. The summed E-state index contributed by atoms with van der Waals surface area (Å²) in [5, 5.41) is 15.9. The van der Waals surface area contributed by atoms with Crippen LogP contribution in [0.25, 0.3) is 0 Å². The van der Waals surface area contributed by atoms with Gasteiger partial charge in [0.05, 0.1) is 4.90 Å². The zero-order chi connectivity index (χ0) is 26.8. The minimum atomic E-state index is -4.01. The lowest BCUT2D eigenvalue weighted by molar-refractivity contribution is -0.138. The van der Waals surface area contributed by atoms with E-state index in [0.29, 0.717) is 43.4 Å². The molecule has 1 aliphatic heterocycles. The van der Waals surface area contributed by atoms with E-state index in [1.807, 2.05) is 20.8 Å². The van der Waals surface area contributed by atoms with Crippen LogP contribution >= 0.6 is 12.4 Å². The zero-order valence-corrected chi connectivity index (χ0v) is 24.1. The molecule has 0 bridgehead atoms. The quantitative estimate of drug-likeness (QED) is 0.159. The molecule has 0 radical (unpaired) electrons. The Morgan fingerprint density at radius 2 is 1.81 bits per heavy atom. The van der Waals surface area contributed by atoms with Gasteiger partial charge in [0.2, 0.25) is 5.96 Å². The molecule has 12 heteroatoms. The number of carbonyl (C=O) groups is 1. The number of sulfonamides is 1. The molecule has 1 aromatic rings. The lowest BCUT2D eigenvalue weighted by Crippen LogP contribution is -2.42. The van der Waals surface area contributed by atoms with Gasteiger partial charge >= 0.3 is 5.97 Å². The van der Waals surface area contributed by atoms with E-state index in [4.69, 9.17) is 20.4 Å². The van der Waals surface area contributed by atoms with Crippen molar-refractivity contribution in [2.24, 2.45) is 10.9 Å². The van der Waals surface area contributed by atoms with Gasteiger partial charge in [-0.3, -0.25) is 4.79 Å². The number of halogens is 1. The van der Waals surface area contributed by atoms with E-state index in [1.165, 1.54) is 0 Å². The Morgan fingerprint density at radius 3 is 2.36 bits per heavy atom. The molecule has 0 saturated heterocycles. The van der Waals surface area contributed by atoms with Crippen molar-refractivity contribution in [3.8, 4) is 5.75 Å². The van der Waals surface area contributed by atoms with E-state index in [0.717, 1.165) is 16.9 Å². The lowest BCUT2D eigenvalue weighted by atomic mass is 9.94. The van der Waals surface area contributed by atoms with Crippen molar-refractivity contribution in [3.05, 3.63) is 22.3 Å². The van der Waals surface area contributed by atoms with Gasteiger partial charge in [-0.1, -0.05) is 0 Å². The van der Waals surface area contributed by atoms with Gasteiger partial charge in [0.1, 0.15) is 23.0 Å².